The molecule has 0 aromatic heterocycles. The number of para-hydroxylation sites is 1. The molecule has 2 aromatic carbocycles. The van der Waals surface area contributed by atoms with Crippen molar-refractivity contribution in [2.45, 2.75) is 19.3 Å². The molecule has 3 rings (SSSR count). The zero-order valence-electron chi connectivity index (χ0n) is 15.8. The van der Waals surface area contributed by atoms with Crippen LogP contribution in [0.25, 0.3) is 0 Å². The van der Waals surface area contributed by atoms with Gasteiger partial charge < -0.3 is 9.80 Å². The van der Waals surface area contributed by atoms with E-state index in [0.717, 1.165) is 44.2 Å². The molecular weight excluding hydrogens is 338 g/mol. The molecule has 1 saturated heterocycles. The van der Waals surface area contributed by atoms with E-state index in [4.69, 9.17) is 0 Å². The first-order valence-corrected chi connectivity index (χ1v) is 9.78. The first kappa shape index (κ1) is 19.5. The zero-order chi connectivity index (χ0) is 18.9. The molecule has 1 N–H and O–H groups in total. The van der Waals surface area contributed by atoms with Crippen LogP contribution in [0.3, 0.4) is 0 Å². The van der Waals surface area contributed by atoms with Gasteiger partial charge in [0.15, 0.2) is 0 Å². The lowest BCUT2D eigenvalue weighted by Gasteiger charge is -2.34. The van der Waals surface area contributed by atoms with Crippen molar-refractivity contribution in [2.75, 3.05) is 44.3 Å². The van der Waals surface area contributed by atoms with Gasteiger partial charge in [-0.05, 0) is 37.1 Å². The summed E-state index contributed by atoms with van der Waals surface area (Å²) >= 11 is 0. The molecule has 0 spiro atoms. The van der Waals surface area contributed by atoms with Gasteiger partial charge in [0, 0.05) is 39.1 Å². The van der Waals surface area contributed by atoms with Crippen molar-refractivity contribution in [3.05, 3.63) is 66.2 Å². The lowest BCUT2D eigenvalue weighted by Crippen LogP contribution is -2.47. The van der Waals surface area contributed by atoms with E-state index in [-0.39, 0.29) is 5.91 Å². The Balaban J connectivity index is 1.32. The minimum absolute atomic E-state index is 0.258. The molecule has 1 aliphatic rings. The Labute approximate surface area is 161 Å². The number of hydrogen-bond acceptors (Lipinski definition) is 4. The lowest BCUT2D eigenvalue weighted by molar-refractivity contribution is -0.124. The largest absolute Gasteiger partial charge is 0.301 e. The van der Waals surface area contributed by atoms with Crippen LogP contribution in [0.2, 0.25) is 0 Å². The van der Waals surface area contributed by atoms with Gasteiger partial charge in [-0.3, -0.25) is 10.0 Å². The van der Waals surface area contributed by atoms with E-state index >= 15 is 0 Å². The molecule has 2 aromatic rings. The van der Waals surface area contributed by atoms with Gasteiger partial charge in [0.25, 0.3) is 5.91 Å². The number of nitrogens with zero attached hydrogens (tertiary/aromatic N) is 3. The van der Waals surface area contributed by atoms with E-state index in [1.165, 1.54) is 12.0 Å². The van der Waals surface area contributed by atoms with Crippen molar-refractivity contribution >= 4 is 11.6 Å². The highest BCUT2D eigenvalue weighted by Crippen LogP contribution is 2.12. The van der Waals surface area contributed by atoms with Crippen LogP contribution in [-0.4, -0.2) is 60.2 Å². The molecule has 1 heterocycles. The quantitative estimate of drug-likeness (QED) is 0.575. The molecule has 0 bridgehead atoms. The van der Waals surface area contributed by atoms with Crippen LogP contribution in [0.15, 0.2) is 60.7 Å². The van der Waals surface area contributed by atoms with Crippen molar-refractivity contribution in [1.29, 1.82) is 0 Å². The molecule has 5 nitrogen and oxygen atoms in total. The number of anilines is 1. The first-order valence-electron chi connectivity index (χ1n) is 9.78. The number of carbonyl (C=O) groups excluding carboxylic acids is 1. The molecule has 1 amide bonds. The van der Waals surface area contributed by atoms with Crippen LogP contribution >= 0.6 is 0 Å². The van der Waals surface area contributed by atoms with Gasteiger partial charge in [0.1, 0.15) is 0 Å². The summed E-state index contributed by atoms with van der Waals surface area (Å²) in [6, 6.07) is 19.6. The summed E-state index contributed by atoms with van der Waals surface area (Å²) < 4.78 is 0. The summed E-state index contributed by atoms with van der Waals surface area (Å²) in [6.45, 7) is 5.88. The van der Waals surface area contributed by atoms with E-state index < -0.39 is 0 Å². The topological polar surface area (TPSA) is 47.0 Å². The van der Waals surface area contributed by atoms with E-state index in [1.807, 2.05) is 18.2 Å². The van der Waals surface area contributed by atoms with Gasteiger partial charge in [0.05, 0.1) is 5.69 Å². The van der Waals surface area contributed by atoms with E-state index in [9.17, 15) is 10.0 Å². The van der Waals surface area contributed by atoms with Crippen LogP contribution in [-0.2, 0) is 11.2 Å². The van der Waals surface area contributed by atoms with Crippen LogP contribution in [0, 0.1) is 0 Å². The van der Waals surface area contributed by atoms with Crippen molar-refractivity contribution in [1.82, 2.24) is 9.80 Å². The third-order valence-corrected chi connectivity index (χ3v) is 5.13. The number of rotatable bonds is 8. The summed E-state index contributed by atoms with van der Waals surface area (Å²) in [5.74, 6) is -0.258. The molecule has 27 heavy (non-hydrogen) atoms. The van der Waals surface area contributed by atoms with Gasteiger partial charge in [-0.2, -0.15) is 5.06 Å². The maximum atomic E-state index is 12.2. The average Bonchev–Trinajstić information content (AvgIpc) is 2.74. The van der Waals surface area contributed by atoms with Crippen molar-refractivity contribution in [3.63, 3.8) is 0 Å². The smallest absolute Gasteiger partial charge is 0.251 e. The molecule has 0 radical (unpaired) electrons. The van der Waals surface area contributed by atoms with E-state index in [0.29, 0.717) is 18.7 Å². The molecule has 0 unspecified atom stereocenters. The van der Waals surface area contributed by atoms with Crippen LogP contribution in [0.4, 0.5) is 5.69 Å². The van der Waals surface area contributed by atoms with Gasteiger partial charge in [-0.15, -0.1) is 0 Å². The highest BCUT2D eigenvalue weighted by molar-refractivity contribution is 5.90. The van der Waals surface area contributed by atoms with Gasteiger partial charge in [-0.1, -0.05) is 48.5 Å². The fourth-order valence-corrected chi connectivity index (χ4v) is 3.46. The zero-order valence-corrected chi connectivity index (χ0v) is 15.8. The maximum absolute atomic E-state index is 12.2. The fourth-order valence-electron chi connectivity index (χ4n) is 3.46. The Morgan fingerprint density at radius 2 is 1.41 bits per heavy atom. The first-order chi connectivity index (χ1) is 13.2. The summed E-state index contributed by atoms with van der Waals surface area (Å²) in [5.41, 5.74) is 1.92. The molecule has 1 fully saturated rings. The number of benzene rings is 2. The minimum atomic E-state index is -0.258. The lowest BCUT2D eigenvalue weighted by atomic mass is 10.1. The number of hydroxylamine groups is 1. The molecule has 5 heteroatoms. The highest BCUT2D eigenvalue weighted by atomic mass is 16.5. The standard InChI is InChI=1S/C22H29N3O2/c26-22(25(27)21-11-5-2-6-12-21)13-15-24-18-16-23(17-19-24)14-7-10-20-8-3-1-4-9-20/h1-6,8-9,11-12,27H,7,10,13-19H2. The summed E-state index contributed by atoms with van der Waals surface area (Å²) in [7, 11) is 0. The Morgan fingerprint density at radius 1 is 0.852 bits per heavy atom. The number of piperazine rings is 1. The van der Waals surface area contributed by atoms with Gasteiger partial charge >= 0.3 is 0 Å². The second-order valence-electron chi connectivity index (χ2n) is 7.06. The van der Waals surface area contributed by atoms with Crippen LogP contribution in [0.5, 0.6) is 0 Å². The van der Waals surface area contributed by atoms with Crippen LogP contribution < -0.4 is 5.06 Å². The molecule has 144 valence electrons. The second kappa shape index (κ2) is 10.2. The predicted octanol–water partition coefficient (Wildman–Crippen LogP) is 3.05. The Kier molecular flexibility index (Phi) is 7.39. The Morgan fingerprint density at radius 3 is 2.04 bits per heavy atom. The fraction of sp³-hybridized carbons (Fsp3) is 0.409. The predicted molar refractivity (Wildman–Crippen MR) is 108 cm³/mol. The van der Waals surface area contributed by atoms with Crippen molar-refractivity contribution in [3.8, 4) is 0 Å². The van der Waals surface area contributed by atoms with Crippen molar-refractivity contribution in [2.24, 2.45) is 0 Å². The average molecular weight is 367 g/mol. The molecule has 0 saturated carbocycles. The highest BCUT2D eigenvalue weighted by Gasteiger charge is 2.19. The summed E-state index contributed by atoms with van der Waals surface area (Å²) in [6.07, 6.45) is 2.64. The third-order valence-electron chi connectivity index (χ3n) is 5.13. The van der Waals surface area contributed by atoms with Crippen LogP contribution in [0.1, 0.15) is 18.4 Å². The molecule has 0 aliphatic carbocycles. The second-order valence-corrected chi connectivity index (χ2v) is 7.06. The maximum Gasteiger partial charge on any atom is 0.251 e. The molecular formula is C22H29N3O2. The van der Waals surface area contributed by atoms with Crippen molar-refractivity contribution < 1.29 is 10.0 Å². The van der Waals surface area contributed by atoms with E-state index in [2.05, 4.69) is 40.1 Å². The monoisotopic (exact) mass is 367 g/mol. The number of amides is 1. The Bertz CT molecular complexity index is 685. The van der Waals surface area contributed by atoms with E-state index in [1.54, 1.807) is 12.1 Å². The van der Waals surface area contributed by atoms with Gasteiger partial charge in [0.2, 0.25) is 0 Å². The minimum Gasteiger partial charge on any atom is -0.301 e. The molecule has 1 aliphatic heterocycles. The number of carbonyl (C=O) groups is 1. The summed E-state index contributed by atoms with van der Waals surface area (Å²) in [5, 5.41) is 10.8. The molecule has 0 atom stereocenters. The SMILES string of the molecule is O=C(CCN1CCN(CCCc2ccccc2)CC1)N(O)c1ccccc1. The Hall–Kier alpha value is -2.21. The van der Waals surface area contributed by atoms with Gasteiger partial charge in [-0.25, -0.2) is 0 Å². The number of aryl methyl sites for hydroxylation is 1. The summed E-state index contributed by atoms with van der Waals surface area (Å²) in [4.78, 5) is 17.0. The third kappa shape index (κ3) is 6.17. The number of hydrogen-bond donors (Lipinski definition) is 1. The normalized spacial score (nSPS) is 15.6.